The van der Waals surface area contributed by atoms with Crippen LogP contribution in [-0.2, 0) is 35.5 Å². The number of likely N-dealkylation sites (tertiary alicyclic amines) is 1. The Labute approximate surface area is 246 Å². The molecule has 3 aromatic carbocycles. The van der Waals surface area contributed by atoms with Gasteiger partial charge in [-0.25, -0.2) is 4.39 Å². The number of hydrogen-bond acceptors (Lipinski definition) is 2. The second-order valence-corrected chi connectivity index (χ2v) is 11.9. The Morgan fingerprint density at radius 1 is 0.721 bits per heavy atom. The van der Waals surface area contributed by atoms with Crippen molar-refractivity contribution in [2.45, 2.75) is 81.6 Å². The second kappa shape index (κ2) is 12.4. The molecule has 9 heteroatoms. The lowest BCUT2D eigenvalue weighted by Crippen LogP contribution is -2.50. The highest BCUT2D eigenvalue weighted by Gasteiger charge is 2.41. The van der Waals surface area contributed by atoms with E-state index in [1.165, 1.54) is 18.6 Å². The van der Waals surface area contributed by atoms with Gasteiger partial charge >= 0.3 is 12.4 Å². The summed E-state index contributed by atoms with van der Waals surface area (Å²) in [5, 5.41) is 0. The minimum Gasteiger partial charge on any atom is -0.299 e. The van der Waals surface area contributed by atoms with Crippen LogP contribution in [0.1, 0.15) is 84.2 Å². The first kappa shape index (κ1) is 31.2. The number of carbonyl (C=O) groups excluding carboxylic acids is 1. The first-order valence-corrected chi connectivity index (χ1v) is 14.7. The van der Waals surface area contributed by atoms with Gasteiger partial charge in [-0.15, -0.1) is 0 Å². The summed E-state index contributed by atoms with van der Waals surface area (Å²) in [6.45, 7) is 1.83. The van der Waals surface area contributed by atoms with E-state index in [2.05, 4.69) is 4.90 Å². The van der Waals surface area contributed by atoms with Crippen LogP contribution in [0.25, 0.3) is 0 Å². The predicted octanol–water partition coefficient (Wildman–Crippen LogP) is 9.26. The fraction of sp³-hybridized carbons (Fsp3) is 0.441. The number of benzene rings is 3. The fourth-order valence-corrected chi connectivity index (χ4v) is 6.87. The van der Waals surface area contributed by atoms with Gasteiger partial charge in [0.15, 0.2) is 0 Å². The van der Waals surface area contributed by atoms with Gasteiger partial charge in [-0.1, -0.05) is 55.7 Å². The Morgan fingerprint density at radius 2 is 1.26 bits per heavy atom. The molecule has 5 rings (SSSR count). The molecule has 0 spiro atoms. The molecule has 1 aliphatic heterocycles. The first-order chi connectivity index (χ1) is 20.3. The molecule has 0 N–H and O–H groups in total. The normalized spacial score (nSPS) is 18.5. The van der Waals surface area contributed by atoms with Crippen molar-refractivity contribution in [2.24, 2.45) is 0 Å². The van der Waals surface area contributed by atoms with Gasteiger partial charge in [-0.05, 0) is 97.3 Å². The van der Waals surface area contributed by atoms with E-state index in [-0.39, 0.29) is 29.4 Å². The van der Waals surface area contributed by atoms with Crippen molar-refractivity contribution in [3.8, 4) is 0 Å². The van der Waals surface area contributed by atoms with Gasteiger partial charge in [-0.2, -0.15) is 26.3 Å². The molecule has 0 amide bonds. The van der Waals surface area contributed by atoms with Crippen LogP contribution >= 0.6 is 0 Å². The van der Waals surface area contributed by atoms with E-state index in [0.29, 0.717) is 23.6 Å². The van der Waals surface area contributed by atoms with Gasteiger partial charge in [0.05, 0.1) is 11.1 Å². The summed E-state index contributed by atoms with van der Waals surface area (Å²) in [5.74, 6) is -0.316. The molecule has 0 radical (unpaired) electrons. The predicted molar refractivity (Wildman–Crippen MR) is 150 cm³/mol. The lowest BCUT2D eigenvalue weighted by atomic mass is 9.73. The molecule has 0 bridgehead atoms. The van der Waals surface area contributed by atoms with Crippen molar-refractivity contribution in [2.75, 3.05) is 13.1 Å². The highest BCUT2D eigenvalue weighted by atomic mass is 19.4. The van der Waals surface area contributed by atoms with E-state index in [9.17, 15) is 35.5 Å². The number of nitrogens with zero attached hydrogens (tertiary/aromatic N) is 1. The Morgan fingerprint density at radius 3 is 1.79 bits per heavy atom. The minimum absolute atomic E-state index is 0.0685. The lowest BCUT2D eigenvalue weighted by Gasteiger charge is -2.50. The van der Waals surface area contributed by atoms with Crippen LogP contribution in [0.2, 0.25) is 0 Å². The van der Waals surface area contributed by atoms with E-state index >= 15 is 0 Å². The molecule has 0 aromatic heterocycles. The molecule has 1 saturated carbocycles. The maximum atomic E-state index is 13.4. The molecule has 2 fully saturated rings. The van der Waals surface area contributed by atoms with Crippen molar-refractivity contribution >= 4 is 5.78 Å². The number of alkyl halides is 6. The summed E-state index contributed by atoms with van der Waals surface area (Å²) in [6, 6.07) is 15.8. The number of rotatable bonds is 7. The van der Waals surface area contributed by atoms with Gasteiger partial charge in [0, 0.05) is 18.4 Å². The molecule has 0 atom stereocenters. The maximum Gasteiger partial charge on any atom is 0.416 e. The van der Waals surface area contributed by atoms with Crippen LogP contribution in [0.5, 0.6) is 0 Å². The standard InChI is InChI=1S/C34H34F7NO/c35-30-10-6-25(7-11-30)26-12-16-42(17-13-26)32(14-2-1-3-15-32)27-8-4-23(5-9-27)20-31(43)21-24-18-28(33(36,37)38)22-29(19-24)34(39,40)41/h4-11,18-19,22,26H,1-3,12-17,20-21H2. The number of Topliss-reactive ketones (excluding diaryl/α,β-unsaturated/α-hetero) is 1. The monoisotopic (exact) mass is 605 g/mol. The molecule has 1 heterocycles. The Balaban J connectivity index is 1.28. The summed E-state index contributed by atoms with van der Waals surface area (Å²) < 4.78 is 92.7. The molecule has 0 unspecified atom stereocenters. The van der Waals surface area contributed by atoms with Crippen molar-refractivity contribution in [3.63, 3.8) is 0 Å². The molecule has 3 aromatic rings. The third-order valence-electron chi connectivity index (χ3n) is 9.06. The van der Waals surface area contributed by atoms with Crippen molar-refractivity contribution in [1.82, 2.24) is 4.90 Å². The zero-order valence-corrected chi connectivity index (χ0v) is 23.7. The smallest absolute Gasteiger partial charge is 0.299 e. The van der Waals surface area contributed by atoms with Gasteiger partial charge < -0.3 is 0 Å². The van der Waals surface area contributed by atoms with Crippen molar-refractivity contribution < 1.29 is 35.5 Å². The Kier molecular flexibility index (Phi) is 9.02. The molecule has 1 saturated heterocycles. The van der Waals surface area contributed by atoms with Crippen LogP contribution in [0, 0.1) is 5.82 Å². The molecule has 43 heavy (non-hydrogen) atoms. The summed E-state index contributed by atoms with van der Waals surface area (Å²) in [4.78, 5) is 15.3. The van der Waals surface area contributed by atoms with Crippen molar-refractivity contribution in [1.29, 1.82) is 0 Å². The highest BCUT2D eigenvalue weighted by molar-refractivity contribution is 5.83. The number of carbonyl (C=O) groups is 1. The van der Waals surface area contributed by atoms with Gasteiger partial charge in [-0.3, -0.25) is 9.69 Å². The SMILES string of the molecule is O=C(Cc1ccc(C2(N3CCC(c4ccc(F)cc4)CC3)CCCCC2)cc1)Cc1cc(C(F)(F)F)cc(C(F)(F)F)c1. The molecule has 2 nitrogen and oxygen atoms in total. The minimum atomic E-state index is -4.96. The Hall–Kier alpha value is -3.20. The van der Waals surface area contributed by atoms with E-state index in [0.717, 1.165) is 62.7 Å². The summed E-state index contributed by atoms with van der Waals surface area (Å²) in [6.07, 6.45) is -3.16. The maximum absolute atomic E-state index is 13.4. The Bertz CT molecular complexity index is 1360. The molecule has 2 aliphatic rings. The van der Waals surface area contributed by atoms with E-state index in [1.807, 2.05) is 36.4 Å². The summed E-state index contributed by atoms with van der Waals surface area (Å²) in [7, 11) is 0. The van der Waals surface area contributed by atoms with E-state index in [4.69, 9.17) is 0 Å². The quantitative estimate of drug-likeness (QED) is 0.250. The third-order valence-corrected chi connectivity index (χ3v) is 9.06. The van der Waals surface area contributed by atoms with Gasteiger partial charge in [0.2, 0.25) is 0 Å². The largest absolute Gasteiger partial charge is 0.416 e. The third kappa shape index (κ3) is 7.31. The first-order valence-electron chi connectivity index (χ1n) is 14.7. The number of halogens is 7. The van der Waals surface area contributed by atoms with Crippen LogP contribution in [0.4, 0.5) is 30.7 Å². The van der Waals surface area contributed by atoms with Gasteiger partial charge in [0.25, 0.3) is 0 Å². The highest BCUT2D eigenvalue weighted by Crippen LogP contribution is 2.45. The number of ketones is 1. The van der Waals surface area contributed by atoms with Gasteiger partial charge in [0.1, 0.15) is 11.6 Å². The van der Waals surface area contributed by atoms with Crippen LogP contribution < -0.4 is 0 Å². The average molecular weight is 606 g/mol. The van der Waals surface area contributed by atoms with E-state index in [1.54, 1.807) is 0 Å². The summed E-state index contributed by atoms with van der Waals surface area (Å²) in [5.41, 5.74) is -0.292. The molecule has 1 aliphatic carbocycles. The number of piperidine rings is 1. The van der Waals surface area contributed by atoms with Crippen LogP contribution in [0.15, 0.2) is 66.7 Å². The second-order valence-electron chi connectivity index (χ2n) is 11.9. The average Bonchev–Trinajstić information content (AvgIpc) is 2.97. The lowest BCUT2D eigenvalue weighted by molar-refractivity contribution is -0.143. The van der Waals surface area contributed by atoms with E-state index < -0.39 is 35.7 Å². The van der Waals surface area contributed by atoms with Crippen LogP contribution in [0.3, 0.4) is 0 Å². The topological polar surface area (TPSA) is 20.3 Å². The number of hydrogen-bond donors (Lipinski definition) is 0. The van der Waals surface area contributed by atoms with Crippen molar-refractivity contribution in [3.05, 3.63) is 106 Å². The zero-order valence-electron chi connectivity index (χ0n) is 23.7. The van der Waals surface area contributed by atoms with Crippen LogP contribution in [-0.4, -0.2) is 23.8 Å². The fourth-order valence-electron chi connectivity index (χ4n) is 6.87. The molecular formula is C34H34F7NO. The molecular weight excluding hydrogens is 571 g/mol. The zero-order chi connectivity index (χ0) is 30.8. The molecule has 230 valence electrons. The summed E-state index contributed by atoms with van der Waals surface area (Å²) >= 11 is 0.